The summed E-state index contributed by atoms with van der Waals surface area (Å²) in [5.74, 6) is -0.814. The zero-order valence-electron chi connectivity index (χ0n) is 20.2. The molecule has 4 rings (SSSR count). The molecule has 0 spiro atoms. The van der Waals surface area contributed by atoms with Crippen molar-refractivity contribution in [3.05, 3.63) is 59.4 Å². The van der Waals surface area contributed by atoms with Crippen LogP contribution in [0, 0.1) is 6.92 Å². The number of hydrogen-bond donors (Lipinski definition) is 4. The molecule has 11 nitrogen and oxygen atoms in total. The lowest BCUT2D eigenvalue weighted by Crippen LogP contribution is -2.60. The molecule has 0 radical (unpaired) electrons. The van der Waals surface area contributed by atoms with Gasteiger partial charge in [0.1, 0.15) is 53.7 Å². The molecule has 4 N–H and O–H groups in total. The minimum Gasteiger partial charge on any atom is -0.507 e. The van der Waals surface area contributed by atoms with Crippen LogP contribution >= 0.6 is 0 Å². The molecular weight excluding hydrogens is 488 g/mol. The third-order valence-electron chi connectivity index (χ3n) is 6.11. The minimum atomic E-state index is -1.71. The average Bonchev–Trinajstić information content (AvgIpc) is 3.34. The van der Waals surface area contributed by atoms with E-state index in [4.69, 9.17) is 18.6 Å². The largest absolute Gasteiger partial charge is 0.508 e. The maximum atomic E-state index is 13.2. The number of aliphatic hydroxyl groups is 3. The van der Waals surface area contributed by atoms with E-state index in [2.05, 4.69) is 4.74 Å². The van der Waals surface area contributed by atoms with Crippen LogP contribution in [0.4, 0.5) is 4.79 Å². The molecule has 0 bridgehead atoms. The van der Waals surface area contributed by atoms with Crippen molar-refractivity contribution >= 4 is 22.9 Å². The topological polar surface area (TPSA) is 165 Å². The third-order valence-corrected chi connectivity index (χ3v) is 6.11. The Labute approximate surface area is 211 Å². The first kappa shape index (κ1) is 26.4. The van der Waals surface area contributed by atoms with E-state index < -0.39 is 49.3 Å². The van der Waals surface area contributed by atoms with Crippen LogP contribution in [0.15, 0.2) is 47.1 Å². The number of aryl methyl sites for hydroxylation is 2. The standard InChI is InChI=1S/C26H28O11/c1-13-9-17(28)21(16(27)5-3-14-4-6-18-15(11-14)7-8-34-18)19(10-13)36-25-24(31)23(30)22(29)20(37-25)12-35-26(32)33-2/h4,6-11,20,22-25,28-31H,3,5,12H2,1-2H3/t20?,22-,23?,24-,25?/m1/s1. The minimum absolute atomic E-state index is 0.0430. The number of hydrogen-bond acceptors (Lipinski definition) is 11. The quantitative estimate of drug-likeness (QED) is 0.256. The Morgan fingerprint density at radius 3 is 2.57 bits per heavy atom. The summed E-state index contributed by atoms with van der Waals surface area (Å²) < 4.78 is 25.8. The summed E-state index contributed by atoms with van der Waals surface area (Å²) in [4.78, 5) is 24.5. The van der Waals surface area contributed by atoms with Crippen molar-refractivity contribution in [1.29, 1.82) is 0 Å². The third kappa shape index (κ3) is 5.86. The fourth-order valence-electron chi connectivity index (χ4n) is 4.15. The number of phenols is 1. The predicted octanol–water partition coefficient (Wildman–Crippen LogP) is 2.23. The van der Waals surface area contributed by atoms with Crippen LogP contribution < -0.4 is 4.74 Å². The highest BCUT2D eigenvalue weighted by Gasteiger charge is 2.46. The lowest BCUT2D eigenvalue weighted by Gasteiger charge is -2.40. The van der Waals surface area contributed by atoms with Crippen LogP contribution in [-0.4, -0.2) is 76.8 Å². The van der Waals surface area contributed by atoms with Crippen LogP contribution in [0.3, 0.4) is 0 Å². The van der Waals surface area contributed by atoms with Crippen molar-refractivity contribution in [2.24, 2.45) is 0 Å². The Bertz CT molecular complexity index is 1270. The van der Waals surface area contributed by atoms with Gasteiger partial charge in [0, 0.05) is 11.8 Å². The van der Waals surface area contributed by atoms with Gasteiger partial charge in [-0.3, -0.25) is 4.79 Å². The number of phenolic OH excluding ortho intramolecular Hbond substituents is 1. The molecule has 2 aromatic carbocycles. The molecule has 0 aliphatic carbocycles. The van der Waals surface area contributed by atoms with E-state index in [-0.39, 0.29) is 23.5 Å². The predicted molar refractivity (Wildman–Crippen MR) is 127 cm³/mol. The van der Waals surface area contributed by atoms with Crippen molar-refractivity contribution < 1.29 is 53.4 Å². The zero-order valence-corrected chi connectivity index (χ0v) is 20.2. The molecule has 11 heteroatoms. The molecule has 1 fully saturated rings. The molecule has 3 aromatic rings. The Kier molecular flexibility index (Phi) is 7.98. The highest BCUT2D eigenvalue weighted by Crippen LogP contribution is 2.34. The van der Waals surface area contributed by atoms with Gasteiger partial charge < -0.3 is 43.8 Å². The summed E-state index contributed by atoms with van der Waals surface area (Å²) in [7, 11) is 1.10. The number of ketones is 1. The SMILES string of the molecule is COC(=O)OCC1OC(Oc2cc(C)cc(O)c2C(=O)CCc2ccc3occc3c2)[C@H](O)C(O)[C@@H]1O. The van der Waals surface area contributed by atoms with Crippen molar-refractivity contribution in [3.8, 4) is 11.5 Å². The summed E-state index contributed by atoms with van der Waals surface area (Å²) in [6.45, 7) is 1.17. The summed E-state index contributed by atoms with van der Waals surface area (Å²) >= 11 is 0. The number of carbonyl (C=O) groups excluding carboxylic acids is 2. The maximum absolute atomic E-state index is 13.2. The van der Waals surface area contributed by atoms with Crippen LogP contribution in [-0.2, 0) is 20.6 Å². The summed E-state index contributed by atoms with van der Waals surface area (Å²) in [6.07, 6.45) is -6.86. The average molecular weight is 516 g/mol. The normalized spacial score (nSPS) is 23.5. The zero-order chi connectivity index (χ0) is 26.7. The lowest BCUT2D eigenvalue weighted by molar-refractivity contribution is -0.277. The number of aromatic hydroxyl groups is 1. The van der Waals surface area contributed by atoms with E-state index in [1.165, 1.54) is 12.1 Å². The molecule has 1 aliphatic rings. The number of furan rings is 1. The summed E-state index contributed by atoms with van der Waals surface area (Å²) in [5, 5.41) is 42.5. The van der Waals surface area contributed by atoms with Crippen LogP contribution in [0.25, 0.3) is 11.0 Å². The number of methoxy groups -OCH3 is 1. The fourth-order valence-corrected chi connectivity index (χ4v) is 4.15. The lowest BCUT2D eigenvalue weighted by atomic mass is 9.98. The van der Waals surface area contributed by atoms with Crippen LogP contribution in [0.1, 0.15) is 27.9 Å². The monoisotopic (exact) mass is 516 g/mol. The van der Waals surface area contributed by atoms with E-state index in [1.807, 2.05) is 24.3 Å². The number of benzene rings is 2. The van der Waals surface area contributed by atoms with E-state index in [9.17, 15) is 30.0 Å². The van der Waals surface area contributed by atoms with Gasteiger partial charge in [0.25, 0.3) is 0 Å². The van der Waals surface area contributed by atoms with Crippen molar-refractivity contribution in [2.75, 3.05) is 13.7 Å². The fraction of sp³-hybridized carbons (Fsp3) is 0.385. The Hall–Kier alpha value is -3.64. The van der Waals surface area contributed by atoms with Crippen molar-refractivity contribution in [3.63, 3.8) is 0 Å². The molecule has 5 atom stereocenters. The molecule has 2 heterocycles. The number of fused-ring (bicyclic) bond motifs is 1. The van der Waals surface area contributed by atoms with Crippen LogP contribution in [0.2, 0.25) is 0 Å². The first-order valence-corrected chi connectivity index (χ1v) is 11.6. The van der Waals surface area contributed by atoms with E-state index in [0.29, 0.717) is 12.0 Å². The molecule has 1 aromatic heterocycles. The van der Waals surface area contributed by atoms with Gasteiger partial charge in [0.2, 0.25) is 6.29 Å². The Balaban J connectivity index is 1.52. The molecule has 1 saturated heterocycles. The Morgan fingerprint density at radius 2 is 1.81 bits per heavy atom. The number of carbonyl (C=O) groups is 2. The first-order valence-electron chi connectivity index (χ1n) is 11.6. The van der Waals surface area contributed by atoms with Crippen molar-refractivity contribution in [2.45, 2.75) is 50.5 Å². The maximum Gasteiger partial charge on any atom is 0.508 e. The molecule has 0 saturated carbocycles. The van der Waals surface area contributed by atoms with Gasteiger partial charge in [0.15, 0.2) is 5.78 Å². The van der Waals surface area contributed by atoms with Crippen molar-refractivity contribution in [1.82, 2.24) is 0 Å². The van der Waals surface area contributed by atoms with Gasteiger partial charge in [-0.05, 0) is 54.8 Å². The van der Waals surface area contributed by atoms with Gasteiger partial charge in [-0.2, -0.15) is 0 Å². The number of rotatable bonds is 8. The molecule has 37 heavy (non-hydrogen) atoms. The molecule has 198 valence electrons. The van der Waals surface area contributed by atoms with Gasteiger partial charge in [0.05, 0.1) is 13.4 Å². The van der Waals surface area contributed by atoms with Crippen LogP contribution in [0.5, 0.6) is 11.5 Å². The van der Waals surface area contributed by atoms with E-state index in [0.717, 1.165) is 23.6 Å². The highest BCUT2D eigenvalue weighted by molar-refractivity contribution is 6.01. The number of Topliss-reactive ketones (excluding diaryl/α,β-unsaturated/α-hetero) is 1. The number of ether oxygens (including phenoxy) is 4. The molecule has 3 unspecified atom stereocenters. The van der Waals surface area contributed by atoms with Gasteiger partial charge >= 0.3 is 6.16 Å². The highest BCUT2D eigenvalue weighted by atomic mass is 16.7. The molecule has 1 aliphatic heterocycles. The summed E-state index contributed by atoms with van der Waals surface area (Å²) in [6, 6.07) is 10.3. The number of aliphatic hydroxyl groups excluding tert-OH is 3. The second-order valence-electron chi connectivity index (χ2n) is 8.77. The first-order chi connectivity index (χ1) is 17.7. The van der Waals surface area contributed by atoms with Gasteiger partial charge in [-0.1, -0.05) is 6.07 Å². The summed E-state index contributed by atoms with van der Waals surface area (Å²) in [5.41, 5.74) is 2.07. The van der Waals surface area contributed by atoms with E-state index >= 15 is 0 Å². The van der Waals surface area contributed by atoms with Gasteiger partial charge in [-0.15, -0.1) is 0 Å². The Morgan fingerprint density at radius 1 is 1.03 bits per heavy atom. The van der Waals surface area contributed by atoms with Gasteiger partial charge in [-0.25, -0.2) is 4.79 Å². The van der Waals surface area contributed by atoms with E-state index in [1.54, 1.807) is 13.2 Å². The second kappa shape index (κ2) is 11.2. The second-order valence-corrected chi connectivity index (χ2v) is 8.77. The smallest absolute Gasteiger partial charge is 0.507 e. The molecular formula is C26H28O11. The molecule has 0 amide bonds.